The molecule has 45 heavy (non-hydrogen) atoms. The van der Waals surface area contributed by atoms with Gasteiger partial charge in [-0.2, -0.15) is 26.3 Å². The van der Waals surface area contributed by atoms with Crippen molar-refractivity contribution in [1.29, 1.82) is 0 Å². The van der Waals surface area contributed by atoms with Gasteiger partial charge in [0.2, 0.25) is 5.91 Å². The number of hydrogen-bond acceptors (Lipinski definition) is 6. The maximum absolute atomic E-state index is 13.1. The number of ether oxygens (including phenoxy) is 2. The summed E-state index contributed by atoms with van der Waals surface area (Å²) in [4.78, 5) is 14.6. The van der Waals surface area contributed by atoms with Gasteiger partial charge in [-0.1, -0.05) is 17.3 Å². The Morgan fingerprint density at radius 1 is 0.911 bits per heavy atom. The van der Waals surface area contributed by atoms with E-state index in [2.05, 4.69) is 20.5 Å². The van der Waals surface area contributed by atoms with Crippen molar-refractivity contribution in [3.05, 3.63) is 95.7 Å². The Morgan fingerprint density at radius 3 is 2.18 bits per heavy atom. The number of anilines is 1. The predicted octanol–water partition coefficient (Wildman–Crippen LogP) is 6.33. The molecule has 1 fully saturated rings. The van der Waals surface area contributed by atoms with Crippen molar-refractivity contribution < 1.29 is 40.6 Å². The van der Waals surface area contributed by atoms with Gasteiger partial charge in [-0.3, -0.25) is 9.69 Å². The molecule has 5 rings (SSSR count). The summed E-state index contributed by atoms with van der Waals surface area (Å²) < 4.78 is 91.3. The molecular weight excluding hydrogens is 604 g/mol. The molecule has 0 aliphatic carbocycles. The molecule has 8 nitrogen and oxygen atoms in total. The fraction of sp³-hybridized carbons (Fsp3) is 0.258. The van der Waals surface area contributed by atoms with Gasteiger partial charge in [-0.15, -0.1) is 5.10 Å². The van der Waals surface area contributed by atoms with Gasteiger partial charge in [0, 0.05) is 37.0 Å². The van der Waals surface area contributed by atoms with E-state index in [1.54, 1.807) is 35.1 Å². The Labute approximate surface area is 253 Å². The lowest BCUT2D eigenvalue weighted by Gasteiger charge is -2.26. The molecule has 4 aromatic rings. The number of amides is 1. The minimum Gasteiger partial charge on any atom is -0.492 e. The molecule has 1 aliphatic rings. The molecule has 14 heteroatoms. The van der Waals surface area contributed by atoms with Crippen LogP contribution in [0.4, 0.5) is 32.0 Å². The standard InChI is InChI=1S/C31H27F6N5O3/c32-30(33,34)23-17-21(18-24(19-23)31(35,36)37)1-10-29(43)38-25-4-2-22(3-5-25)28-20-42(40-39-28)26-6-8-27(9-7-26)45-16-13-41-11-14-44-15-12-41/h1-10,17-20H,11-16H2,(H,38,43)/b10-1+. The van der Waals surface area contributed by atoms with E-state index in [9.17, 15) is 31.1 Å². The fourth-order valence-corrected chi connectivity index (χ4v) is 4.49. The highest BCUT2D eigenvalue weighted by Crippen LogP contribution is 2.36. The first-order chi connectivity index (χ1) is 21.4. The van der Waals surface area contributed by atoms with Crippen LogP contribution in [0.3, 0.4) is 0 Å². The lowest BCUT2D eigenvalue weighted by Crippen LogP contribution is -2.38. The molecule has 1 saturated heterocycles. The second-order valence-electron chi connectivity index (χ2n) is 10.1. The van der Waals surface area contributed by atoms with Gasteiger partial charge < -0.3 is 14.8 Å². The first-order valence-electron chi connectivity index (χ1n) is 13.8. The number of benzene rings is 3. The lowest BCUT2D eigenvalue weighted by molar-refractivity contribution is -0.143. The van der Waals surface area contributed by atoms with Crippen LogP contribution >= 0.6 is 0 Å². The average Bonchev–Trinajstić information content (AvgIpc) is 3.51. The van der Waals surface area contributed by atoms with Gasteiger partial charge in [0.05, 0.1) is 36.2 Å². The summed E-state index contributed by atoms with van der Waals surface area (Å²) in [7, 11) is 0. The Balaban J connectivity index is 1.17. The number of rotatable bonds is 9. The third-order valence-corrected chi connectivity index (χ3v) is 6.86. The number of hydrogen-bond donors (Lipinski definition) is 1. The summed E-state index contributed by atoms with van der Waals surface area (Å²) >= 11 is 0. The molecule has 236 valence electrons. The van der Waals surface area contributed by atoms with Gasteiger partial charge in [0.1, 0.15) is 18.1 Å². The molecule has 1 aromatic heterocycles. The summed E-state index contributed by atoms with van der Waals surface area (Å²) in [6.07, 6.45) is -6.49. The summed E-state index contributed by atoms with van der Waals surface area (Å²) in [6.45, 7) is 4.66. The number of morpholine rings is 1. The Bertz CT molecular complexity index is 1600. The average molecular weight is 632 g/mol. The van der Waals surface area contributed by atoms with Crippen LogP contribution in [0.15, 0.2) is 79.0 Å². The molecule has 0 bridgehead atoms. The Hall–Kier alpha value is -4.69. The Morgan fingerprint density at radius 2 is 1.56 bits per heavy atom. The van der Waals surface area contributed by atoms with Crippen molar-refractivity contribution in [3.63, 3.8) is 0 Å². The number of aromatic nitrogens is 3. The Kier molecular flexibility index (Phi) is 9.54. The summed E-state index contributed by atoms with van der Waals surface area (Å²) in [5.41, 5.74) is -0.975. The zero-order valence-electron chi connectivity index (χ0n) is 23.6. The molecule has 1 aliphatic heterocycles. The lowest BCUT2D eigenvalue weighted by atomic mass is 10.0. The van der Waals surface area contributed by atoms with E-state index < -0.39 is 35.0 Å². The largest absolute Gasteiger partial charge is 0.492 e. The monoisotopic (exact) mass is 631 g/mol. The van der Waals surface area contributed by atoms with Crippen LogP contribution in [0.25, 0.3) is 23.0 Å². The molecule has 0 atom stereocenters. The van der Waals surface area contributed by atoms with Gasteiger partial charge in [0.15, 0.2) is 0 Å². The smallest absolute Gasteiger partial charge is 0.416 e. The first-order valence-corrected chi connectivity index (χ1v) is 13.8. The highest BCUT2D eigenvalue weighted by Gasteiger charge is 2.36. The van der Waals surface area contributed by atoms with Crippen LogP contribution in [-0.2, 0) is 21.9 Å². The molecule has 0 unspecified atom stereocenters. The van der Waals surface area contributed by atoms with Crippen LogP contribution in [0.5, 0.6) is 5.75 Å². The number of nitrogens with zero attached hydrogens (tertiary/aromatic N) is 4. The zero-order valence-corrected chi connectivity index (χ0v) is 23.6. The van der Waals surface area contributed by atoms with E-state index in [1.165, 1.54) is 0 Å². The van der Waals surface area contributed by atoms with Crippen LogP contribution in [0, 0.1) is 0 Å². The molecule has 0 spiro atoms. The maximum atomic E-state index is 13.1. The number of alkyl halides is 6. The van der Waals surface area contributed by atoms with E-state index >= 15 is 0 Å². The maximum Gasteiger partial charge on any atom is 0.416 e. The van der Waals surface area contributed by atoms with Crippen molar-refractivity contribution in [2.45, 2.75) is 12.4 Å². The highest BCUT2D eigenvalue weighted by molar-refractivity contribution is 6.02. The van der Waals surface area contributed by atoms with Gasteiger partial charge in [0.25, 0.3) is 0 Å². The highest BCUT2D eigenvalue weighted by atomic mass is 19.4. The van der Waals surface area contributed by atoms with Gasteiger partial charge in [-0.25, -0.2) is 4.68 Å². The number of halogens is 6. The quantitative estimate of drug-likeness (QED) is 0.172. The molecule has 1 amide bonds. The number of carbonyl (C=O) groups excluding carboxylic acids is 1. The minimum absolute atomic E-state index is 0.0256. The molecular formula is C31H27F6N5O3. The molecule has 2 heterocycles. The topological polar surface area (TPSA) is 81.5 Å². The van der Waals surface area contributed by atoms with Crippen molar-refractivity contribution in [3.8, 4) is 22.7 Å². The first kappa shape index (κ1) is 31.7. The molecule has 1 N–H and O–H groups in total. The van der Waals surface area contributed by atoms with Crippen LogP contribution in [0.1, 0.15) is 16.7 Å². The van der Waals surface area contributed by atoms with Crippen molar-refractivity contribution in [1.82, 2.24) is 19.9 Å². The summed E-state index contributed by atoms with van der Waals surface area (Å²) in [5.74, 6) is -0.00565. The third-order valence-electron chi connectivity index (χ3n) is 6.86. The SMILES string of the molecule is O=C(/C=C/c1cc(C(F)(F)F)cc(C(F)(F)F)c1)Nc1ccc(-c2cn(-c3ccc(OCCN4CCOCC4)cc3)nn2)cc1. The van der Waals surface area contributed by atoms with Crippen LogP contribution in [0.2, 0.25) is 0 Å². The number of carbonyl (C=O) groups is 1. The second kappa shape index (κ2) is 13.5. The predicted molar refractivity (Wildman–Crippen MR) is 154 cm³/mol. The van der Waals surface area contributed by atoms with Gasteiger partial charge in [-0.05, 0) is 66.2 Å². The van der Waals surface area contributed by atoms with E-state index in [-0.39, 0.29) is 6.07 Å². The van der Waals surface area contributed by atoms with E-state index in [0.29, 0.717) is 35.7 Å². The van der Waals surface area contributed by atoms with Crippen molar-refractivity contribution in [2.75, 3.05) is 44.8 Å². The van der Waals surface area contributed by atoms with Crippen LogP contribution < -0.4 is 10.1 Å². The second-order valence-corrected chi connectivity index (χ2v) is 10.1. The zero-order chi connectivity index (χ0) is 32.0. The van der Waals surface area contributed by atoms with E-state index in [4.69, 9.17) is 9.47 Å². The normalized spacial score (nSPS) is 14.5. The van der Waals surface area contributed by atoms with Crippen molar-refractivity contribution >= 4 is 17.7 Å². The van der Waals surface area contributed by atoms with E-state index in [1.807, 2.05) is 24.3 Å². The third kappa shape index (κ3) is 8.70. The van der Waals surface area contributed by atoms with Gasteiger partial charge >= 0.3 is 12.4 Å². The summed E-state index contributed by atoms with van der Waals surface area (Å²) in [5, 5.41) is 10.9. The number of nitrogens with one attached hydrogen (secondary N) is 1. The molecule has 3 aromatic carbocycles. The van der Waals surface area contributed by atoms with Crippen LogP contribution in [-0.4, -0.2) is 65.3 Å². The summed E-state index contributed by atoms with van der Waals surface area (Å²) in [6, 6.07) is 15.0. The minimum atomic E-state index is -4.98. The van der Waals surface area contributed by atoms with E-state index in [0.717, 1.165) is 56.4 Å². The van der Waals surface area contributed by atoms with Crippen molar-refractivity contribution in [2.24, 2.45) is 0 Å². The molecule has 0 radical (unpaired) electrons. The fourth-order valence-electron chi connectivity index (χ4n) is 4.49. The molecule has 0 saturated carbocycles.